The van der Waals surface area contributed by atoms with Gasteiger partial charge in [-0.1, -0.05) is 19.1 Å². The molecule has 0 saturated heterocycles. The molecule has 0 N–H and O–H groups in total. The smallest absolute Gasteiger partial charge is 0.262 e. The van der Waals surface area contributed by atoms with Gasteiger partial charge in [-0.2, -0.15) is 5.26 Å². The van der Waals surface area contributed by atoms with Crippen molar-refractivity contribution in [2.45, 2.75) is 13.3 Å². The van der Waals surface area contributed by atoms with E-state index < -0.39 is 0 Å². The normalized spacial score (nSPS) is 10.5. The van der Waals surface area contributed by atoms with Crippen LogP contribution in [0.4, 0.5) is 0 Å². The van der Waals surface area contributed by atoms with Crippen molar-refractivity contribution in [3.8, 4) is 6.07 Å². The molecule has 1 heterocycles. The predicted octanol–water partition coefficient (Wildman–Crippen LogP) is 3.76. The van der Waals surface area contributed by atoms with Crippen LogP contribution in [0.15, 0.2) is 54.7 Å². The maximum Gasteiger partial charge on any atom is 0.262 e. The molecule has 1 aromatic heterocycles. The van der Waals surface area contributed by atoms with Crippen LogP contribution in [0.25, 0.3) is 10.9 Å². The van der Waals surface area contributed by atoms with Crippen molar-refractivity contribution >= 4 is 16.8 Å². The van der Waals surface area contributed by atoms with Gasteiger partial charge < -0.3 is 0 Å². The third kappa shape index (κ3) is 2.32. The summed E-state index contributed by atoms with van der Waals surface area (Å²) in [4.78, 5) is 12.6. The fourth-order valence-electron chi connectivity index (χ4n) is 2.41. The number of hydrogen-bond donors (Lipinski definition) is 0. The van der Waals surface area contributed by atoms with Gasteiger partial charge in [-0.25, -0.2) is 0 Å². The van der Waals surface area contributed by atoms with E-state index in [1.165, 1.54) is 5.56 Å². The maximum atomic E-state index is 12.6. The Bertz CT molecular complexity index is 851. The summed E-state index contributed by atoms with van der Waals surface area (Å²) in [7, 11) is 0. The molecule has 0 bridgehead atoms. The van der Waals surface area contributed by atoms with Gasteiger partial charge in [0, 0.05) is 17.1 Å². The quantitative estimate of drug-likeness (QED) is 0.714. The lowest BCUT2D eigenvalue weighted by molar-refractivity contribution is 0.0965. The fourth-order valence-corrected chi connectivity index (χ4v) is 2.41. The Morgan fingerprint density at radius 2 is 1.90 bits per heavy atom. The van der Waals surface area contributed by atoms with Crippen LogP contribution < -0.4 is 0 Å². The van der Waals surface area contributed by atoms with E-state index >= 15 is 0 Å². The van der Waals surface area contributed by atoms with Gasteiger partial charge in [0.2, 0.25) is 0 Å². The van der Waals surface area contributed by atoms with Gasteiger partial charge in [0.1, 0.15) is 0 Å². The number of benzene rings is 2. The van der Waals surface area contributed by atoms with Crippen LogP contribution in [0.1, 0.15) is 28.4 Å². The van der Waals surface area contributed by atoms with E-state index in [9.17, 15) is 4.79 Å². The van der Waals surface area contributed by atoms with E-state index in [1.807, 2.05) is 36.4 Å². The van der Waals surface area contributed by atoms with Crippen LogP contribution in [0.2, 0.25) is 0 Å². The molecule has 0 radical (unpaired) electrons. The van der Waals surface area contributed by atoms with Gasteiger partial charge in [-0.3, -0.25) is 9.36 Å². The van der Waals surface area contributed by atoms with E-state index in [1.54, 1.807) is 22.9 Å². The third-order valence-electron chi connectivity index (χ3n) is 3.65. The molecule has 0 aliphatic carbocycles. The number of carbonyl (C=O) groups excluding carboxylic acids is 1. The summed E-state index contributed by atoms with van der Waals surface area (Å²) in [6, 6.07) is 17.0. The first-order valence-electron chi connectivity index (χ1n) is 6.88. The summed E-state index contributed by atoms with van der Waals surface area (Å²) in [6.07, 6.45) is 2.71. The van der Waals surface area contributed by atoms with E-state index in [0.717, 1.165) is 17.3 Å². The fraction of sp³-hybridized carbons (Fsp3) is 0.111. The topological polar surface area (TPSA) is 45.8 Å². The van der Waals surface area contributed by atoms with E-state index in [0.29, 0.717) is 11.1 Å². The minimum absolute atomic E-state index is 0.0580. The molecule has 0 aliphatic rings. The number of fused-ring (bicyclic) bond motifs is 1. The Morgan fingerprint density at radius 3 is 2.57 bits per heavy atom. The second-order valence-electron chi connectivity index (χ2n) is 4.93. The Balaban J connectivity index is 2.03. The molecule has 2 aromatic carbocycles. The monoisotopic (exact) mass is 274 g/mol. The Hall–Kier alpha value is -2.86. The van der Waals surface area contributed by atoms with Gasteiger partial charge in [-0.05, 0) is 48.4 Å². The number of carbonyl (C=O) groups is 1. The maximum absolute atomic E-state index is 12.6. The van der Waals surface area contributed by atoms with Crippen molar-refractivity contribution in [3.63, 3.8) is 0 Å². The summed E-state index contributed by atoms with van der Waals surface area (Å²) in [5.74, 6) is -0.0580. The predicted molar refractivity (Wildman–Crippen MR) is 82.2 cm³/mol. The van der Waals surface area contributed by atoms with Crippen molar-refractivity contribution in [1.82, 2.24) is 4.57 Å². The summed E-state index contributed by atoms with van der Waals surface area (Å²) >= 11 is 0. The molecule has 0 amide bonds. The van der Waals surface area contributed by atoms with Crippen LogP contribution in [0.5, 0.6) is 0 Å². The molecule has 3 heteroatoms. The first-order valence-corrected chi connectivity index (χ1v) is 6.88. The highest BCUT2D eigenvalue weighted by Gasteiger charge is 2.11. The van der Waals surface area contributed by atoms with Crippen molar-refractivity contribution in [2.75, 3.05) is 0 Å². The highest BCUT2D eigenvalue weighted by Crippen LogP contribution is 2.19. The van der Waals surface area contributed by atoms with E-state index in [4.69, 9.17) is 5.26 Å². The molecular weight excluding hydrogens is 260 g/mol. The lowest BCUT2D eigenvalue weighted by atomic mass is 10.1. The molecule has 0 fully saturated rings. The van der Waals surface area contributed by atoms with Gasteiger partial charge in [0.05, 0.1) is 17.1 Å². The zero-order valence-electron chi connectivity index (χ0n) is 11.7. The number of nitriles is 1. The first-order chi connectivity index (χ1) is 10.2. The standard InChI is InChI=1S/C18H14N2O/c1-2-13-3-6-15(7-4-13)18(21)20-10-9-16-11-14(12-19)5-8-17(16)20/h3-11H,2H2,1H3. The van der Waals surface area contributed by atoms with Gasteiger partial charge in [0.15, 0.2) is 0 Å². The molecule has 102 valence electrons. The Labute approximate surface area is 123 Å². The molecule has 21 heavy (non-hydrogen) atoms. The Kier molecular flexibility index (Phi) is 3.29. The zero-order chi connectivity index (χ0) is 14.8. The molecule has 3 nitrogen and oxygen atoms in total. The van der Waals surface area contributed by atoms with Gasteiger partial charge in [-0.15, -0.1) is 0 Å². The summed E-state index contributed by atoms with van der Waals surface area (Å²) in [5.41, 5.74) is 3.29. The average Bonchev–Trinajstić information content (AvgIpc) is 2.97. The van der Waals surface area contributed by atoms with Crippen molar-refractivity contribution in [3.05, 3.63) is 71.4 Å². The second kappa shape index (κ2) is 5.26. The third-order valence-corrected chi connectivity index (χ3v) is 3.65. The molecule has 0 unspecified atom stereocenters. The average molecular weight is 274 g/mol. The second-order valence-corrected chi connectivity index (χ2v) is 4.93. The minimum atomic E-state index is -0.0580. The highest BCUT2D eigenvalue weighted by molar-refractivity contribution is 6.02. The SMILES string of the molecule is CCc1ccc(C(=O)n2ccc3cc(C#N)ccc32)cc1. The lowest BCUT2D eigenvalue weighted by Gasteiger charge is -2.05. The van der Waals surface area contributed by atoms with Gasteiger partial charge in [0.25, 0.3) is 5.91 Å². The number of aryl methyl sites for hydroxylation is 1. The lowest BCUT2D eigenvalue weighted by Crippen LogP contribution is -2.10. The van der Waals surface area contributed by atoms with Crippen LogP contribution in [-0.2, 0) is 6.42 Å². The molecular formula is C18H14N2O. The molecule has 0 aliphatic heterocycles. The first kappa shape index (κ1) is 13.1. The minimum Gasteiger partial charge on any atom is -0.283 e. The zero-order valence-corrected chi connectivity index (χ0v) is 11.7. The summed E-state index contributed by atoms with van der Waals surface area (Å²) < 4.78 is 1.62. The van der Waals surface area contributed by atoms with Gasteiger partial charge >= 0.3 is 0 Å². The van der Waals surface area contributed by atoms with Crippen LogP contribution in [-0.4, -0.2) is 10.5 Å². The number of nitrogens with zero attached hydrogens (tertiary/aromatic N) is 2. The molecule has 0 spiro atoms. The molecule has 3 rings (SSSR count). The number of rotatable bonds is 2. The van der Waals surface area contributed by atoms with Crippen LogP contribution in [0.3, 0.4) is 0 Å². The van der Waals surface area contributed by atoms with Crippen molar-refractivity contribution < 1.29 is 4.79 Å². The molecule has 0 atom stereocenters. The summed E-state index contributed by atoms with van der Waals surface area (Å²) in [6.45, 7) is 2.09. The number of hydrogen-bond acceptors (Lipinski definition) is 2. The Morgan fingerprint density at radius 1 is 1.14 bits per heavy atom. The van der Waals surface area contributed by atoms with E-state index in [2.05, 4.69) is 13.0 Å². The highest BCUT2D eigenvalue weighted by atomic mass is 16.2. The van der Waals surface area contributed by atoms with Crippen LogP contribution in [0, 0.1) is 11.3 Å². The van der Waals surface area contributed by atoms with Crippen molar-refractivity contribution in [1.29, 1.82) is 5.26 Å². The molecule has 3 aromatic rings. The largest absolute Gasteiger partial charge is 0.283 e. The summed E-state index contributed by atoms with van der Waals surface area (Å²) in [5, 5.41) is 9.81. The molecule has 0 saturated carbocycles. The van der Waals surface area contributed by atoms with E-state index in [-0.39, 0.29) is 5.91 Å². The number of aromatic nitrogens is 1. The van der Waals surface area contributed by atoms with Crippen LogP contribution >= 0.6 is 0 Å². The van der Waals surface area contributed by atoms with Crippen molar-refractivity contribution in [2.24, 2.45) is 0 Å².